The van der Waals surface area contributed by atoms with E-state index in [0.717, 1.165) is 30.2 Å². The third-order valence-corrected chi connectivity index (χ3v) is 6.82. The van der Waals surface area contributed by atoms with Crippen molar-refractivity contribution in [1.29, 1.82) is 0 Å². The molecule has 3 aliphatic rings. The van der Waals surface area contributed by atoms with Gasteiger partial charge in [-0.05, 0) is 25.3 Å². The number of alkyl halides is 2. The fourth-order valence-electron chi connectivity index (χ4n) is 4.58. The second-order valence-electron chi connectivity index (χ2n) is 8.85. The Morgan fingerprint density at radius 2 is 1.86 bits per heavy atom. The highest BCUT2D eigenvalue weighted by Crippen LogP contribution is 2.38. The lowest BCUT2D eigenvalue weighted by molar-refractivity contribution is -0.384. The lowest BCUT2D eigenvalue weighted by Gasteiger charge is -2.30. The molecule has 190 valence electrons. The molecule has 3 heterocycles. The molecule has 0 unspecified atom stereocenters. The minimum absolute atomic E-state index is 0.0822. The van der Waals surface area contributed by atoms with E-state index < -0.39 is 47.6 Å². The fraction of sp³-hybridized carbons (Fsp3) is 0.571. The maximum atomic E-state index is 15.0. The van der Waals surface area contributed by atoms with Crippen molar-refractivity contribution in [1.82, 2.24) is 20.0 Å². The number of benzene rings is 1. The van der Waals surface area contributed by atoms with Gasteiger partial charge >= 0.3 is 6.03 Å². The Morgan fingerprint density at radius 1 is 1.14 bits per heavy atom. The summed E-state index contributed by atoms with van der Waals surface area (Å²) < 4.78 is 30.3. The SMILES string of the molecule is O=C1CN(C(=O)N2C[C@H](Nc3c(C(=O)N4CCCCC4)cc(Br)cc3[N+](=O)[O-])C(F)(F)C2)CCN1. The summed E-state index contributed by atoms with van der Waals surface area (Å²) in [4.78, 5) is 52.3. The molecule has 11 nitrogen and oxygen atoms in total. The van der Waals surface area contributed by atoms with Gasteiger partial charge in [0.1, 0.15) is 18.3 Å². The summed E-state index contributed by atoms with van der Waals surface area (Å²) in [5.74, 6) is -4.29. The molecule has 3 aliphatic heterocycles. The first-order chi connectivity index (χ1) is 16.6. The third-order valence-electron chi connectivity index (χ3n) is 6.37. The van der Waals surface area contributed by atoms with Crippen molar-refractivity contribution in [3.05, 3.63) is 32.3 Å². The minimum Gasteiger partial charge on any atom is -0.369 e. The second kappa shape index (κ2) is 9.91. The van der Waals surface area contributed by atoms with E-state index in [1.165, 1.54) is 11.0 Å². The zero-order valence-electron chi connectivity index (χ0n) is 18.8. The first-order valence-electron chi connectivity index (χ1n) is 11.3. The first kappa shape index (κ1) is 25.1. The summed E-state index contributed by atoms with van der Waals surface area (Å²) in [6.07, 6.45) is 2.54. The van der Waals surface area contributed by atoms with Gasteiger partial charge in [0, 0.05) is 43.3 Å². The van der Waals surface area contributed by atoms with E-state index in [1.807, 2.05) is 0 Å². The quantitative estimate of drug-likeness (QED) is 0.431. The van der Waals surface area contributed by atoms with Gasteiger partial charge in [0.15, 0.2) is 0 Å². The highest BCUT2D eigenvalue weighted by atomic mass is 79.9. The number of amides is 4. The summed E-state index contributed by atoms with van der Waals surface area (Å²) >= 11 is 3.18. The van der Waals surface area contributed by atoms with Crippen molar-refractivity contribution in [3.63, 3.8) is 0 Å². The van der Waals surface area contributed by atoms with Crippen LogP contribution in [0, 0.1) is 10.1 Å². The van der Waals surface area contributed by atoms with E-state index in [-0.39, 0.29) is 41.3 Å². The van der Waals surface area contributed by atoms with Crippen molar-refractivity contribution in [3.8, 4) is 0 Å². The molecular weight excluding hydrogens is 534 g/mol. The Morgan fingerprint density at radius 3 is 2.51 bits per heavy atom. The van der Waals surface area contributed by atoms with Crippen LogP contribution in [0.1, 0.15) is 29.6 Å². The van der Waals surface area contributed by atoms with Gasteiger partial charge < -0.3 is 25.3 Å². The summed E-state index contributed by atoms with van der Waals surface area (Å²) in [5, 5.41) is 16.9. The van der Waals surface area contributed by atoms with Crippen LogP contribution in [0.25, 0.3) is 0 Å². The highest BCUT2D eigenvalue weighted by molar-refractivity contribution is 9.10. The predicted molar refractivity (Wildman–Crippen MR) is 124 cm³/mol. The van der Waals surface area contributed by atoms with Gasteiger partial charge in [-0.25, -0.2) is 13.6 Å². The Labute approximate surface area is 208 Å². The first-order valence-corrected chi connectivity index (χ1v) is 12.1. The number of nitro benzene ring substituents is 1. The molecule has 3 fully saturated rings. The molecule has 0 aliphatic carbocycles. The number of nitrogens with one attached hydrogen (secondary N) is 2. The Hall–Kier alpha value is -3.03. The summed E-state index contributed by atoms with van der Waals surface area (Å²) in [7, 11) is 0. The average molecular weight is 559 g/mol. The monoisotopic (exact) mass is 558 g/mol. The number of carbonyl (C=O) groups excluding carboxylic acids is 3. The van der Waals surface area contributed by atoms with Gasteiger partial charge in [-0.3, -0.25) is 19.7 Å². The van der Waals surface area contributed by atoms with Crippen molar-refractivity contribution < 1.29 is 28.1 Å². The van der Waals surface area contributed by atoms with Gasteiger partial charge in [-0.2, -0.15) is 0 Å². The van der Waals surface area contributed by atoms with Crippen LogP contribution in [0.4, 0.5) is 25.0 Å². The number of hydrogen-bond donors (Lipinski definition) is 2. The Balaban J connectivity index is 1.61. The number of piperazine rings is 1. The molecular formula is C21H25BrF2N6O5. The highest BCUT2D eigenvalue weighted by Gasteiger charge is 2.51. The molecule has 4 amide bonds. The molecule has 35 heavy (non-hydrogen) atoms. The summed E-state index contributed by atoms with van der Waals surface area (Å²) in [6.45, 7) is -0.226. The largest absolute Gasteiger partial charge is 0.369 e. The average Bonchev–Trinajstić information content (AvgIpc) is 3.13. The maximum Gasteiger partial charge on any atom is 0.320 e. The molecule has 0 bridgehead atoms. The van der Waals surface area contributed by atoms with Gasteiger partial charge in [0.05, 0.1) is 17.0 Å². The molecule has 4 rings (SSSR count). The molecule has 0 aromatic heterocycles. The van der Waals surface area contributed by atoms with Crippen molar-refractivity contribution in [2.75, 3.05) is 51.1 Å². The van der Waals surface area contributed by atoms with Crippen molar-refractivity contribution in [2.24, 2.45) is 0 Å². The number of carbonyl (C=O) groups is 3. The zero-order chi connectivity index (χ0) is 25.3. The Kier molecular flexibility index (Phi) is 7.10. The molecule has 0 spiro atoms. The maximum absolute atomic E-state index is 15.0. The topological polar surface area (TPSA) is 128 Å². The lowest BCUT2D eigenvalue weighted by atomic mass is 10.1. The molecule has 1 aromatic carbocycles. The predicted octanol–water partition coefficient (Wildman–Crippen LogP) is 2.27. The van der Waals surface area contributed by atoms with Crippen molar-refractivity contribution >= 4 is 45.2 Å². The molecule has 1 atom stereocenters. The number of nitrogens with zero attached hydrogens (tertiary/aromatic N) is 4. The van der Waals surface area contributed by atoms with E-state index in [1.54, 1.807) is 4.90 Å². The van der Waals surface area contributed by atoms with Crippen LogP contribution in [0.15, 0.2) is 16.6 Å². The van der Waals surface area contributed by atoms with Gasteiger partial charge in [-0.15, -0.1) is 0 Å². The number of rotatable bonds is 4. The third kappa shape index (κ3) is 5.31. The minimum atomic E-state index is -3.43. The van der Waals surface area contributed by atoms with Crippen LogP contribution in [0.2, 0.25) is 0 Å². The molecule has 0 saturated carbocycles. The number of halogens is 3. The van der Waals surface area contributed by atoms with E-state index in [0.29, 0.717) is 13.1 Å². The number of anilines is 1. The molecule has 3 saturated heterocycles. The molecule has 0 radical (unpaired) electrons. The smallest absolute Gasteiger partial charge is 0.320 e. The van der Waals surface area contributed by atoms with Gasteiger partial charge in [0.2, 0.25) is 5.91 Å². The van der Waals surface area contributed by atoms with Crippen molar-refractivity contribution in [2.45, 2.75) is 31.2 Å². The summed E-state index contributed by atoms with van der Waals surface area (Å²) in [5.41, 5.74) is -0.903. The van der Waals surface area contributed by atoms with Gasteiger partial charge in [0.25, 0.3) is 17.5 Å². The molecule has 1 aromatic rings. The number of piperidine rings is 1. The van der Waals surface area contributed by atoms with E-state index in [2.05, 4.69) is 26.6 Å². The van der Waals surface area contributed by atoms with E-state index in [4.69, 9.17) is 0 Å². The number of nitro groups is 1. The standard InChI is InChI=1S/C21H25BrF2N6O5/c22-13-8-14(19(32)27-5-2-1-3-6-27)18(15(9-13)30(34)35)26-16-10-29(12-21(16,23)24)20(33)28-7-4-25-17(31)11-28/h8-9,16,26H,1-7,10-12H2,(H,25,31)/t16-/m0/s1. The van der Waals surface area contributed by atoms with E-state index in [9.17, 15) is 24.5 Å². The van der Waals surface area contributed by atoms with Crippen LogP contribution in [-0.2, 0) is 4.79 Å². The molecule has 14 heteroatoms. The summed E-state index contributed by atoms with van der Waals surface area (Å²) in [6, 6.07) is 0.156. The normalized spacial score (nSPS) is 22.1. The number of hydrogen-bond acceptors (Lipinski definition) is 6. The lowest BCUT2D eigenvalue weighted by Crippen LogP contribution is -2.53. The number of likely N-dealkylation sites (tertiary alicyclic amines) is 2. The van der Waals surface area contributed by atoms with E-state index >= 15 is 8.78 Å². The fourth-order valence-corrected chi connectivity index (χ4v) is 5.03. The van der Waals surface area contributed by atoms with Crippen LogP contribution < -0.4 is 10.6 Å². The van der Waals surface area contributed by atoms with Crippen LogP contribution in [-0.4, -0.2) is 95.2 Å². The van der Waals surface area contributed by atoms with Crippen LogP contribution >= 0.6 is 15.9 Å². The Bertz CT molecular complexity index is 1050. The second-order valence-corrected chi connectivity index (χ2v) is 9.77. The van der Waals surface area contributed by atoms with Gasteiger partial charge in [-0.1, -0.05) is 15.9 Å². The molecule has 2 N–H and O–H groups in total. The zero-order valence-corrected chi connectivity index (χ0v) is 20.4. The number of urea groups is 1. The van der Waals surface area contributed by atoms with Crippen LogP contribution in [0.3, 0.4) is 0 Å². The van der Waals surface area contributed by atoms with Crippen LogP contribution in [0.5, 0.6) is 0 Å².